The zero-order valence-electron chi connectivity index (χ0n) is 15.2. The number of benzene rings is 3. The third kappa shape index (κ3) is 5.88. The van der Waals surface area contributed by atoms with Crippen molar-refractivity contribution in [2.45, 2.75) is 6.54 Å². The molecule has 3 aromatic rings. The Balaban J connectivity index is 1.49. The molecule has 3 N–H and O–H groups in total. The first-order valence-corrected chi connectivity index (χ1v) is 8.88. The summed E-state index contributed by atoms with van der Waals surface area (Å²) in [4.78, 5) is 24.0. The van der Waals surface area contributed by atoms with Gasteiger partial charge in [-0.25, -0.2) is 4.79 Å². The number of anilines is 1. The quantitative estimate of drug-likeness (QED) is 0.586. The van der Waals surface area contributed by atoms with Crippen LogP contribution in [0.15, 0.2) is 84.9 Å². The smallest absolute Gasteiger partial charge is 0.315 e. The molecule has 0 aromatic heterocycles. The van der Waals surface area contributed by atoms with Crippen molar-refractivity contribution >= 4 is 17.6 Å². The van der Waals surface area contributed by atoms with Gasteiger partial charge in [0, 0.05) is 6.54 Å². The van der Waals surface area contributed by atoms with Gasteiger partial charge in [-0.05, 0) is 29.8 Å². The van der Waals surface area contributed by atoms with Crippen LogP contribution in [0.5, 0.6) is 11.5 Å². The predicted octanol–water partition coefficient (Wildman–Crippen LogP) is 3.92. The predicted molar refractivity (Wildman–Crippen MR) is 108 cm³/mol. The maximum absolute atomic E-state index is 12.2. The van der Waals surface area contributed by atoms with Gasteiger partial charge in [0.2, 0.25) is 5.91 Å². The van der Waals surface area contributed by atoms with Gasteiger partial charge in [0.05, 0.1) is 12.2 Å². The molecule has 0 spiro atoms. The number of nitrogens with one attached hydrogen (secondary N) is 3. The van der Waals surface area contributed by atoms with Gasteiger partial charge in [-0.15, -0.1) is 0 Å². The third-order valence-electron chi connectivity index (χ3n) is 3.84. The number of hydrogen-bond donors (Lipinski definition) is 3. The molecule has 3 amide bonds. The molecule has 0 aliphatic carbocycles. The molecule has 0 saturated carbocycles. The lowest BCUT2D eigenvalue weighted by Gasteiger charge is -2.13. The average Bonchev–Trinajstić information content (AvgIpc) is 2.74. The molecule has 0 bridgehead atoms. The van der Waals surface area contributed by atoms with E-state index >= 15 is 0 Å². The monoisotopic (exact) mass is 375 g/mol. The lowest BCUT2D eigenvalue weighted by atomic mass is 10.2. The molecule has 0 atom stereocenters. The van der Waals surface area contributed by atoms with Gasteiger partial charge < -0.3 is 20.7 Å². The molecule has 3 aromatic carbocycles. The standard InChI is InChI=1S/C22H21N3O3/c26-21(16-24-22(27)23-15-17-9-3-1-4-10-17)25-19-13-7-8-14-20(19)28-18-11-5-2-6-12-18/h1-14H,15-16H2,(H,25,26)(H2,23,24,27). The highest BCUT2D eigenvalue weighted by atomic mass is 16.5. The van der Waals surface area contributed by atoms with E-state index in [1.165, 1.54) is 0 Å². The van der Waals surface area contributed by atoms with Crippen LogP contribution in [-0.4, -0.2) is 18.5 Å². The number of amides is 3. The van der Waals surface area contributed by atoms with Gasteiger partial charge in [0.25, 0.3) is 0 Å². The van der Waals surface area contributed by atoms with Crippen LogP contribution in [0.2, 0.25) is 0 Å². The Morgan fingerprint density at radius 3 is 2.14 bits per heavy atom. The van der Waals surface area contributed by atoms with Crippen molar-refractivity contribution in [2.75, 3.05) is 11.9 Å². The Kier molecular flexibility index (Phi) is 6.62. The van der Waals surface area contributed by atoms with E-state index in [4.69, 9.17) is 4.74 Å². The van der Waals surface area contributed by atoms with Crippen LogP contribution < -0.4 is 20.7 Å². The summed E-state index contributed by atoms with van der Waals surface area (Å²) < 4.78 is 5.81. The van der Waals surface area contributed by atoms with Crippen LogP contribution in [0.1, 0.15) is 5.56 Å². The third-order valence-corrected chi connectivity index (χ3v) is 3.84. The van der Waals surface area contributed by atoms with E-state index < -0.39 is 6.03 Å². The minimum absolute atomic E-state index is 0.152. The molecule has 0 radical (unpaired) electrons. The lowest BCUT2D eigenvalue weighted by molar-refractivity contribution is -0.115. The number of rotatable bonds is 7. The van der Waals surface area contributed by atoms with Crippen molar-refractivity contribution in [2.24, 2.45) is 0 Å². The van der Waals surface area contributed by atoms with E-state index in [0.29, 0.717) is 23.7 Å². The van der Waals surface area contributed by atoms with E-state index in [1.54, 1.807) is 18.2 Å². The van der Waals surface area contributed by atoms with Gasteiger partial charge in [-0.1, -0.05) is 60.7 Å². The first kappa shape index (κ1) is 19.0. The number of urea groups is 1. The van der Waals surface area contributed by atoms with Gasteiger partial charge in [0.15, 0.2) is 5.75 Å². The Morgan fingerprint density at radius 1 is 0.750 bits per heavy atom. The molecule has 0 unspecified atom stereocenters. The minimum Gasteiger partial charge on any atom is -0.455 e. The number of carbonyl (C=O) groups excluding carboxylic acids is 2. The van der Waals surface area contributed by atoms with E-state index in [9.17, 15) is 9.59 Å². The number of para-hydroxylation sites is 3. The topological polar surface area (TPSA) is 79.5 Å². The highest BCUT2D eigenvalue weighted by Crippen LogP contribution is 2.28. The van der Waals surface area contributed by atoms with Crippen LogP contribution >= 0.6 is 0 Å². The molecule has 142 valence electrons. The Labute approximate surface area is 163 Å². The fourth-order valence-corrected chi connectivity index (χ4v) is 2.47. The molecule has 6 nitrogen and oxygen atoms in total. The molecule has 0 aliphatic rings. The first-order chi connectivity index (χ1) is 13.7. The summed E-state index contributed by atoms with van der Waals surface area (Å²) in [6, 6.07) is 25.6. The van der Waals surface area contributed by atoms with Gasteiger partial charge in [-0.2, -0.15) is 0 Å². The summed E-state index contributed by atoms with van der Waals surface area (Å²) in [7, 11) is 0. The minimum atomic E-state index is -0.409. The van der Waals surface area contributed by atoms with Crippen molar-refractivity contribution in [3.8, 4) is 11.5 Å². The molecule has 0 heterocycles. The molecule has 0 saturated heterocycles. The van der Waals surface area contributed by atoms with Crippen LogP contribution in [0.3, 0.4) is 0 Å². The molecular formula is C22H21N3O3. The van der Waals surface area contributed by atoms with Crippen molar-refractivity contribution in [1.29, 1.82) is 0 Å². The van der Waals surface area contributed by atoms with Crippen LogP contribution in [0.4, 0.5) is 10.5 Å². The molecule has 28 heavy (non-hydrogen) atoms. The second-order valence-corrected chi connectivity index (χ2v) is 5.98. The molecule has 6 heteroatoms. The highest BCUT2D eigenvalue weighted by Gasteiger charge is 2.10. The summed E-state index contributed by atoms with van der Waals surface area (Å²) >= 11 is 0. The van der Waals surface area contributed by atoms with Crippen molar-refractivity contribution in [3.63, 3.8) is 0 Å². The van der Waals surface area contributed by atoms with E-state index in [0.717, 1.165) is 5.56 Å². The number of hydrogen-bond acceptors (Lipinski definition) is 3. The first-order valence-electron chi connectivity index (χ1n) is 8.88. The van der Waals surface area contributed by atoms with Gasteiger partial charge in [-0.3, -0.25) is 4.79 Å². The van der Waals surface area contributed by atoms with Crippen molar-refractivity contribution in [1.82, 2.24) is 10.6 Å². The van der Waals surface area contributed by atoms with Crippen molar-refractivity contribution < 1.29 is 14.3 Å². The van der Waals surface area contributed by atoms with Crippen molar-refractivity contribution in [3.05, 3.63) is 90.5 Å². The van der Waals surface area contributed by atoms with Crippen LogP contribution in [-0.2, 0) is 11.3 Å². The summed E-state index contributed by atoms with van der Waals surface area (Å²) in [5, 5.41) is 8.00. The molecule has 0 fully saturated rings. The summed E-state index contributed by atoms with van der Waals surface area (Å²) in [6.45, 7) is 0.238. The molecular weight excluding hydrogens is 354 g/mol. The van der Waals surface area contributed by atoms with Gasteiger partial charge in [0.1, 0.15) is 5.75 Å². The largest absolute Gasteiger partial charge is 0.455 e. The Bertz CT molecular complexity index is 915. The average molecular weight is 375 g/mol. The maximum atomic E-state index is 12.2. The van der Waals surface area contributed by atoms with E-state index in [2.05, 4.69) is 16.0 Å². The molecule has 0 aliphatic heterocycles. The second-order valence-electron chi connectivity index (χ2n) is 5.98. The summed E-state index contributed by atoms with van der Waals surface area (Å²) in [6.07, 6.45) is 0. The SMILES string of the molecule is O=C(CNC(=O)NCc1ccccc1)Nc1ccccc1Oc1ccccc1. The summed E-state index contributed by atoms with van der Waals surface area (Å²) in [5.74, 6) is 0.845. The van der Waals surface area contributed by atoms with E-state index in [1.807, 2.05) is 66.7 Å². The Hall–Kier alpha value is -3.80. The summed E-state index contributed by atoms with van der Waals surface area (Å²) in [5.41, 5.74) is 1.51. The Morgan fingerprint density at radius 2 is 1.39 bits per heavy atom. The van der Waals surface area contributed by atoms with Crippen LogP contribution in [0.25, 0.3) is 0 Å². The highest BCUT2D eigenvalue weighted by molar-refractivity contribution is 5.95. The zero-order chi connectivity index (χ0) is 19.6. The number of ether oxygens (including phenoxy) is 1. The van der Waals surface area contributed by atoms with Gasteiger partial charge >= 0.3 is 6.03 Å². The zero-order valence-corrected chi connectivity index (χ0v) is 15.2. The second kappa shape index (κ2) is 9.78. The molecule has 3 rings (SSSR count). The number of carbonyl (C=O) groups is 2. The van der Waals surface area contributed by atoms with E-state index in [-0.39, 0.29) is 12.5 Å². The fourth-order valence-electron chi connectivity index (χ4n) is 2.47. The fraction of sp³-hybridized carbons (Fsp3) is 0.0909. The lowest BCUT2D eigenvalue weighted by Crippen LogP contribution is -2.39. The maximum Gasteiger partial charge on any atom is 0.315 e. The normalized spacial score (nSPS) is 10.0. The van der Waals surface area contributed by atoms with Crippen LogP contribution in [0, 0.1) is 0 Å².